The predicted octanol–water partition coefficient (Wildman–Crippen LogP) is 4.00. The highest BCUT2D eigenvalue weighted by Gasteiger charge is 2.38. The van der Waals surface area contributed by atoms with Crippen molar-refractivity contribution in [3.05, 3.63) is 58.6 Å². The van der Waals surface area contributed by atoms with Gasteiger partial charge in [0.2, 0.25) is 0 Å². The van der Waals surface area contributed by atoms with Crippen LogP contribution in [0.2, 0.25) is 5.02 Å². The molecule has 1 aliphatic heterocycles. The van der Waals surface area contributed by atoms with Crippen LogP contribution in [0.1, 0.15) is 30.0 Å². The summed E-state index contributed by atoms with van der Waals surface area (Å²) in [5.74, 6) is 0.541. The summed E-state index contributed by atoms with van der Waals surface area (Å²) in [5.41, 5.74) is 1.83. The van der Waals surface area contributed by atoms with Gasteiger partial charge in [-0.2, -0.15) is 0 Å². The Bertz CT molecular complexity index is 795. The van der Waals surface area contributed by atoms with Crippen LogP contribution in [0.25, 0.3) is 0 Å². The van der Waals surface area contributed by atoms with E-state index in [0.29, 0.717) is 29.5 Å². The Labute approximate surface area is 158 Å². The third-order valence-electron chi connectivity index (χ3n) is 4.81. The van der Waals surface area contributed by atoms with Crippen molar-refractivity contribution in [1.82, 2.24) is 4.90 Å². The Kier molecular flexibility index (Phi) is 5.69. The number of halogens is 1. The zero-order chi connectivity index (χ0) is 18.7. The van der Waals surface area contributed by atoms with E-state index in [2.05, 4.69) is 0 Å². The molecular weight excluding hydrogens is 354 g/mol. The van der Waals surface area contributed by atoms with E-state index in [0.717, 1.165) is 17.5 Å². The van der Waals surface area contributed by atoms with Gasteiger partial charge in [0.05, 0.1) is 20.3 Å². The standard InChI is InChI=1S/C20H22ClNO4/c1-25-15-8-9-16(18(12-15)26-2)19(13-5-3-6-14(21)11-13)22-10-4-7-17(22)20(23)24/h3,5-6,8-9,11-12,17,19H,4,7,10H2,1-2H3,(H,23,24). The molecule has 1 heterocycles. The summed E-state index contributed by atoms with van der Waals surface area (Å²) in [6.07, 6.45) is 1.47. The van der Waals surface area contributed by atoms with Gasteiger partial charge in [-0.1, -0.05) is 23.7 Å². The Morgan fingerprint density at radius 3 is 2.69 bits per heavy atom. The van der Waals surface area contributed by atoms with E-state index in [4.69, 9.17) is 21.1 Å². The number of ether oxygens (including phenoxy) is 2. The molecule has 0 radical (unpaired) electrons. The number of carboxylic acids is 1. The van der Waals surface area contributed by atoms with E-state index in [1.54, 1.807) is 14.2 Å². The molecule has 26 heavy (non-hydrogen) atoms. The minimum Gasteiger partial charge on any atom is -0.497 e. The first kappa shape index (κ1) is 18.5. The van der Waals surface area contributed by atoms with Gasteiger partial charge in [-0.25, -0.2) is 0 Å². The predicted molar refractivity (Wildman–Crippen MR) is 100 cm³/mol. The first-order valence-electron chi connectivity index (χ1n) is 8.51. The number of carboxylic acid groups (broad SMARTS) is 1. The summed E-state index contributed by atoms with van der Waals surface area (Å²) in [7, 11) is 3.20. The molecule has 2 aromatic carbocycles. The van der Waals surface area contributed by atoms with Crippen LogP contribution in [0, 0.1) is 0 Å². The van der Waals surface area contributed by atoms with E-state index in [1.165, 1.54) is 0 Å². The van der Waals surface area contributed by atoms with Crippen LogP contribution in [-0.4, -0.2) is 42.8 Å². The van der Waals surface area contributed by atoms with Gasteiger partial charge in [0.1, 0.15) is 17.5 Å². The van der Waals surface area contributed by atoms with Crippen LogP contribution in [0.15, 0.2) is 42.5 Å². The fraction of sp³-hybridized carbons (Fsp3) is 0.350. The molecule has 1 saturated heterocycles. The normalized spacial score (nSPS) is 18.5. The van der Waals surface area contributed by atoms with E-state index < -0.39 is 12.0 Å². The lowest BCUT2D eigenvalue weighted by atomic mass is 9.95. The summed E-state index contributed by atoms with van der Waals surface area (Å²) in [6.45, 7) is 0.698. The van der Waals surface area contributed by atoms with Crippen LogP contribution in [-0.2, 0) is 4.79 Å². The molecule has 0 amide bonds. The van der Waals surface area contributed by atoms with Gasteiger partial charge in [0, 0.05) is 23.2 Å². The van der Waals surface area contributed by atoms with Gasteiger partial charge in [0.15, 0.2) is 0 Å². The van der Waals surface area contributed by atoms with Crippen molar-refractivity contribution >= 4 is 17.6 Å². The second-order valence-corrected chi connectivity index (χ2v) is 6.74. The van der Waals surface area contributed by atoms with Crippen LogP contribution >= 0.6 is 11.6 Å². The molecule has 0 aliphatic carbocycles. The maximum atomic E-state index is 11.8. The van der Waals surface area contributed by atoms with Gasteiger partial charge in [-0.15, -0.1) is 0 Å². The van der Waals surface area contributed by atoms with Gasteiger partial charge in [0.25, 0.3) is 0 Å². The van der Waals surface area contributed by atoms with Crippen LogP contribution in [0.5, 0.6) is 11.5 Å². The number of hydrogen-bond acceptors (Lipinski definition) is 4. The second kappa shape index (κ2) is 7.98. The quantitative estimate of drug-likeness (QED) is 0.827. The highest BCUT2D eigenvalue weighted by Crippen LogP contribution is 2.40. The lowest BCUT2D eigenvalue weighted by Crippen LogP contribution is -2.39. The number of carbonyl (C=O) groups is 1. The van der Waals surface area contributed by atoms with Crippen molar-refractivity contribution in [1.29, 1.82) is 0 Å². The number of nitrogens with zero attached hydrogens (tertiary/aromatic N) is 1. The molecule has 2 atom stereocenters. The molecule has 0 aromatic heterocycles. The number of benzene rings is 2. The summed E-state index contributed by atoms with van der Waals surface area (Å²) >= 11 is 6.22. The van der Waals surface area contributed by atoms with Crippen molar-refractivity contribution in [2.45, 2.75) is 24.9 Å². The van der Waals surface area contributed by atoms with E-state index in [1.807, 2.05) is 47.4 Å². The van der Waals surface area contributed by atoms with Crippen LogP contribution in [0.4, 0.5) is 0 Å². The molecule has 2 aromatic rings. The number of hydrogen-bond donors (Lipinski definition) is 1. The van der Waals surface area contributed by atoms with Crippen LogP contribution < -0.4 is 9.47 Å². The van der Waals surface area contributed by atoms with E-state index in [9.17, 15) is 9.90 Å². The molecule has 0 saturated carbocycles. The molecular formula is C20H22ClNO4. The van der Waals surface area contributed by atoms with Gasteiger partial charge >= 0.3 is 5.97 Å². The zero-order valence-electron chi connectivity index (χ0n) is 14.8. The summed E-state index contributed by atoms with van der Waals surface area (Å²) < 4.78 is 10.9. The SMILES string of the molecule is COc1ccc(C(c2cccc(Cl)c2)N2CCCC2C(=O)O)c(OC)c1. The monoisotopic (exact) mass is 375 g/mol. The molecule has 138 valence electrons. The van der Waals surface area contributed by atoms with Crippen molar-refractivity contribution in [2.24, 2.45) is 0 Å². The largest absolute Gasteiger partial charge is 0.497 e. The highest BCUT2D eigenvalue weighted by atomic mass is 35.5. The molecule has 3 rings (SSSR count). The molecule has 1 aliphatic rings. The third kappa shape index (κ3) is 3.64. The third-order valence-corrected chi connectivity index (χ3v) is 5.05. The molecule has 1 N–H and O–H groups in total. The Hall–Kier alpha value is -2.24. The topological polar surface area (TPSA) is 59.0 Å². The van der Waals surface area contributed by atoms with Gasteiger partial charge < -0.3 is 14.6 Å². The smallest absolute Gasteiger partial charge is 0.320 e. The molecule has 5 nitrogen and oxygen atoms in total. The first-order valence-corrected chi connectivity index (χ1v) is 8.89. The minimum atomic E-state index is -0.804. The molecule has 1 fully saturated rings. The minimum absolute atomic E-state index is 0.266. The number of likely N-dealkylation sites (tertiary alicyclic amines) is 1. The number of rotatable bonds is 6. The van der Waals surface area contributed by atoms with E-state index >= 15 is 0 Å². The summed E-state index contributed by atoms with van der Waals surface area (Å²) in [4.78, 5) is 13.8. The number of aliphatic carboxylic acids is 1. The van der Waals surface area contributed by atoms with Gasteiger partial charge in [-0.3, -0.25) is 9.69 Å². The van der Waals surface area contributed by atoms with Crippen LogP contribution in [0.3, 0.4) is 0 Å². The zero-order valence-corrected chi connectivity index (χ0v) is 15.6. The maximum absolute atomic E-state index is 11.8. The molecule has 0 bridgehead atoms. The van der Waals surface area contributed by atoms with Crippen molar-refractivity contribution in [2.75, 3.05) is 20.8 Å². The Morgan fingerprint density at radius 2 is 2.04 bits per heavy atom. The van der Waals surface area contributed by atoms with Gasteiger partial charge in [-0.05, 0) is 42.7 Å². The summed E-state index contributed by atoms with van der Waals surface area (Å²) in [6, 6.07) is 12.4. The Balaban J connectivity index is 2.14. The first-order chi connectivity index (χ1) is 12.5. The average molecular weight is 376 g/mol. The van der Waals surface area contributed by atoms with Crippen molar-refractivity contribution in [3.8, 4) is 11.5 Å². The summed E-state index contributed by atoms with van der Waals surface area (Å²) in [5, 5.41) is 10.3. The molecule has 0 spiro atoms. The lowest BCUT2D eigenvalue weighted by molar-refractivity contribution is -0.142. The fourth-order valence-electron chi connectivity index (χ4n) is 3.63. The average Bonchev–Trinajstić information content (AvgIpc) is 3.12. The lowest BCUT2D eigenvalue weighted by Gasteiger charge is -2.33. The number of methoxy groups -OCH3 is 2. The molecule has 6 heteroatoms. The van der Waals surface area contributed by atoms with E-state index in [-0.39, 0.29) is 6.04 Å². The highest BCUT2D eigenvalue weighted by molar-refractivity contribution is 6.30. The Morgan fingerprint density at radius 1 is 1.23 bits per heavy atom. The maximum Gasteiger partial charge on any atom is 0.320 e. The fourth-order valence-corrected chi connectivity index (χ4v) is 3.83. The molecule has 2 unspecified atom stereocenters. The second-order valence-electron chi connectivity index (χ2n) is 6.30. The van der Waals surface area contributed by atoms with Crippen molar-refractivity contribution in [3.63, 3.8) is 0 Å². The van der Waals surface area contributed by atoms with Crippen molar-refractivity contribution < 1.29 is 19.4 Å².